The number of terminal acetylenes is 1. The molecule has 0 saturated carbocycles. The molecule has 0 atom stereocenters. The molecule has 0 bridgehead atoms. The molecule has 4 nitrogen and oxygen atoms in total. The lowest BCUT2D eigenvalue weighted by molar-refractivity contribution is -0.112. The van der Waals surface area contributed by atoms with Gasteiger partial charge < -0.3 is 0 Å². The van der Waals surface area contributed by atoms with Crippen LogP contribution in [-0.2, 0) is 11.3 Å². The molecule has 1 aromatic heterocycles. The number of halogens is 2. The SMILES string of the molecule is C#CCn1nc(-c2ccc(F)c(F)c2)cc1C(=O)/C=C\C(C)=O. The van der Waals surface area contributed by atoms with Gasteiger partial charge in [0.1, 0.15) is 12.2 Å². The average Bonchev–Trinajstić information content (AvgIpc) is 2.92. The fourth-order valence-corrected chi connectivity index (χ4v) is 1.90. The van der Waals surface area contributed by atoms with Crippen LogP contribution in [0.3, 0.4) is 0 Å². The molecular weight excluding hydrogens is 302 g/mol. The number of benzene rings is 1. The van der Waals surface area contributed by atoms with Crippen molar-refractivity contribution in [2.24, 2.45) is 0 Å². The van der Waals surface area contributed by atoms with Crippen molar-refractivity contribution < 1.29 is 18.4 Å². The molecule has 23 heavy (non-hydrogen) atoms. The Kier molecular flexibility index (Phi) is 4.82. The maximum atomic E-state index is 13.3. The first-order chi connectivity index (χ1) is 10.9. The summed E-state index contributed by atoms with van der Waals surface area (Å²) < 4.78 is 27.6. The molecule has 0 aliphatic carbocycles. The minimum Gasteiger partial charge on any atom is -0.295 e. The summed E-state index contributed by atoms with van der Waals surface area (Å²) >= 11 is 0. The second kappa shape index (κ2) is 6.79. The lowest BCUT2D eigenvalue weighted by atomic mass is 10.1. The normalized spacial score (nSPS) is 10.7. The van der Waals surface area contributed by atoms with E-state index in [-0.39, 0.29) is 23.7 Å². The Bertz CT molecular complexity index is 845. The molecule has 0 spiro atoms. The van der Waals surface area contributed by atoms with Gasteiger partial charge in [0.15, 0.2) is 17.4 Å². The smallest absolute Gasteiger partial charge is 0.204 e. The standard InChI is InChI=1S/C17H12F2N2O2/c1-3-8-21-16(17(23)7-4-11(2)22)10-15(20-21)12-5-6-13(18)14(19)9-12/h1,4-7,9-10H,8H2,2H3/b7-4-. The van der Waals surface area contributed by atoms with Crippen LogP contribution in [0.15, 0.2) is 36.4 Å². The Morgan fingerprint density at radius 2 is 2.00 bits per heavy atom. The van der Waals surface area contributed by atoms with E-state index in [9.17, 15) is 18.4 Å². The highest BCUT2D eigenvalue weighted by molar-refractivity contribution is 6.07. The van der Waals surface area contributed by atoms with Gasteiger partial charge in [0.05, 0.1) is 5.69 Å². The molecule has 1 aromatic carbocycles. The Hall–Kier alpha value is -3.07. The van der Waals surface area contributed by atoms with E-state index in [0.717, 1.165) is 24.3 Å². The number of nitrogens with zero attached hydrogens (tertiary/aromatic N) is 2. The van der Waals surface area contributed by atoms with Crippen LogP contribution >= 0.6 is 0 Å². The minimum atomic E-state index is -1.02. The fraction of sp³-hybridized carbons (Fsp3) is 0.118. The van der Waals surface area contributed by atoms with Crippen molar-refractivity contribution in [2.75, 3.05) is 0 Å². The summed E-state index contributed by atoms with van der Waals surface area (Å²) in [6.07, 6.45) is 7.48. The summed E-state index contributed by atoms with van der Waals surface area (Å²) in [6, 6.07) is 4.72. The molecule has 116 valence electrons. The molecule has 0 amide bonds. The third kappa shape index (κ3) is 3.77. The van der Waals surface area contributed by atoms with Gasteiger partial charge in [-0.25, -0.2) is 13.5 Å². The van der Waals surface area contributed by atoms with E-state index in [1.807, 2.05) is 0 Å². The van der Waals surface area contributed by atoms with Crippen LogP contribution in [-0.4, -0.2) is 21.3 Å². The predicted octanol–water partition coefficient (Wildman–Crippen LogP) is 2.79. The number of aromatic nitrogens is 2. The first-order valence-corrected chi connectivity index (χ1v) is 6.62. The summed E-state index contributed by atoms with van der Waals surface area (Å²) in [5.41, 5.74) is 0.739. The maximum Gasteiger partial charge on any atom is 0.204 e. The Labute approximate surface area is 131 Å². The molecular formula is C17H12F2N2O2. The number of carbonyl (C=O) groups is 2. The van der Waals surface area contributed by atoms with Gasteiger partial charge in [-0.15, -0.1) is 6.42 Å². The Morgan fingerprint density at radius 1 is 1.26 bits per heavy atom. The number of hydrogen-bond donors (Lipinski definition) is 0. The van der Waals surface area contributed by atoms with Crippen molar-refractivity contribution in [3.05, 3.63) is 53.7 Å². The lowest BCUT2D eigenvalue weighted by Gasteiger charge is -1.99. The van der Waals surface area contributed by atoms with Gasteiger partial charge in [-0.3, -0.25) is 9.59 Å². The Balaban J connectivity index is 2.45. The number of carbonyl (C=O) groups excluding carboxylic acids is 2. The second-order valence-electron chi connectivity index (χ2n) is 4.71. The van der Waals surface area contributed by atoms with E-state index in [2.05, 4.69) is 11.0 Å². The van der Waals surface area contributed by atoms with Crippen molar-refractivity contribution in [1.82, 2.24) is 9.78 Å². The van der Waals surface area contributed by atoms with Crippen LogP contribution in [0.4, 0.5) is 8.78 Å². The molecule has 6 heteroatoms. The predicted molar refractivity (Wildman–Crippen MR) is 80.6 cm³/mol. The van der Waals surface area contributed by atoms with E-state index in [0.29, 0.717) is 5.56 Å². The lowest BCUT2D eigenvalue weighted by Crippen LogP contribution is -2.08. The molecule has 0 fully saturated rings. The molecule has 1 heterocycles. The third-order valence-corrected chi connectivity index (χ3v) is 2.96. The van der Waals surface area contributed by atoms with E-state index in [4.69, 9.17) is 6.42 Å². The van der Waals surface area contributed by atoms with Crippen molar-refractivity contribution >= 4 is 11.6 Å². The van der Waals surface area contributed by atoms with E-state index in [1.54, 1.807) is 0 Å². The van der Waals surface area contributed by atoms with Gasteiger partial charge in [-0.2, -0.15) is 5.10 Å². The van der Waals surface area contributed by atoms with Crippen molar-refractivity contribution in [2.45, 2.75) is 13.5 Å². The zero-order valence-electron chi connectivity index (χ0n) is 12.2. The van der Waals surface area contributed by atoms with Gasteiger partial charge in [0, 0.05) is 5.56 Å². The second-order valence-corrected chi connectivity index (χ2v) is 4.71. The highest BCUT2D eigenvalue weighted by Crippen LogP contribution is 2.22. The third-order valence-electron chi connectivity index (χ3n) is 2.96. The van der Waals surface area contributed by atoms with Gasteiger partial charge in [0.2, 0.25) is 5.78 Å². The number of allylic oxidation sites excluding steroid dienone is 2. The molecule has 0 aliphatic heterocycles. The maximum absolute atomic E-state index is 13.3. The molecule has 0 radical (unpaired) electrons. The quantitative estimate of drug-likeness (QED) is 0.484. The van der Waals surface area contributed by atoms with E-state index < -0.39 is 17.4 Å². The van der Waals surface area contributed by atoms with Gasteiger partial charge in [-0.1, -0.05) is 5.92 Å². The Morgan fingerprint density at radius 3 is 2.61 bits per heavy atom. The number of rotatable bonds is 5. The number of hydrogen-bond acceptors (Lipinski definition) is 3. The van der Waals surface area contributed by atoms with Crippen LogP contribution < -0.4 is 0 Å². The van der Waals surface area contributed by atoms with Crippen LogP contribution in [0.2, 0.25) is 0 Å². The minimum absolute atomic E-state index is 0.0264. The summed E-state index contributed by atoms with van der Waals surface area (Å²) in [6.45, 7) is 1.34. The molecule has 0 saturated heterocycles. The summed E-state index contributed by atoms with van der Waals surface area (Å²) in [7, 11) is 0. The number of ketones is 2. The highest BCUT2D eigenvalue weighted by atomic mass is 19.2. The van der Waals surface area contributed by atoms with Crippen LogP contribution in [0, 0.1) is 24.0 Å². The highest BCUT2D eigenvalue weighted by Gasteiger charge is 2.15. The van der Waals surface area contributed by atoms with Crippen LogP contribution in [0.1, 0.15) is 17.4 Å². The summed E-state index contributed by atoms with van der Waals surface area (Å²) in [4.78, 5) is 23.0. The zero-order chi connectivity index (χ0) is 17.0. The average molecular weight is 314 g/mol. The molecule has 0 unspecified atom stereocenters. The summed E-state index contributed by atoms with van der Waals surface area (Å²) in [5, 5.41) is 4.13. The van der Waals surface area contributed by atoms with E-state index >= 15 is 0 Å². The van der Waals surface area contributed by atoms with Crippen LogP contribution in [0.5, 0.6) is 0 Å². The first-order valence-electron chi connectivity index (χ1n) is 6.62. The summed E-state index contributed by atoms with van der Waals surface area (Å²) in [5.74, 6) is -0.374. The molecule has 0 aliphatic rings. The van der Waals surface area contributed by atoms with Crippen molar-refractivity contribution in [1.29, 1.82) is 0 Å². The van der Waals surface area contributed by atoms with Crippen molar-refractivity contribution in [3.8, 4) is 23.6 Å². The monoisotopic (exact) mass is 314 g/mol. The first kappa shape index (κ1) is 16.3. The van der Waals surface area contributed by atoms with Crippen molar-refractivity contribution in [3.63, 3.8) is 0 Å². The fourth-order valence-electron chi connectivity index (χ4n) is 1.90. The molecule has 2 aromatic rings. The topological polar surface area (TPSA) is 52.0 Å². The largest absolute Gasteiger partial charge is 0.295 e. The molecule has 0 N–H and O–H groups in total. The van der Waals surface area contributed by atoms with E-state index in [1.165, 1.54) is 23.7 Å². The molecule has 2 rings (SSSR count). The zero-order valence-corrected chi connectivity index (χ0v) is 12.2. The van der Waals surface area contributed by atoms with Gasteiger partial charge in [-0.05, 0) is 43.3 Å². The van der Waals surface area contributed by atoms with Gasteiger partial charge >= 0.3 is 0 Å². The van der Waals surface area contributed by atoms with Gasteiger partial charge in [0.25, 0.3) is 0 Å². The van der Waals surface area contributed by atoms with Crippen LogP contribution in [0.25, 0.3) is 11.3 Å².